The second-order valence-electron chi connectivity index (χ2n) is 3.35. The Bertz CT molecular complexity index is 371. The summed E-state index contributed by atoms with van der Waals surface area (Å²) >= 11 is 0. The van der Waals surface area contributed by atoms with Crippen LogP contribution in [0.2, 0.25) is 0 Å². The van der Waals surface area contributed by atoms with E-state index < -0.39 is 0 Å². The standard InChI is InChI=1S/C13H16FNO/c1-3-5-8-16-13-7-6-11(9-12(13)14)10-15-4-2/h1,6-7,9,15H,4-5,8,10H2,2H3. The molecule has 0 bridgehead atoms. The van der Waals surface area contributed by atoms with Gasteiger partial charge in [0, 0.05) is 13.0 Å². The van der Waals surface area contributed by atoms with Gasteiger partial charge in [0.2, 0.25) is 0 Å². The van der Waals surface area contributed by atoms with E-state index in [0.717, 1.165) is 12.1 Å². The average molecular weight is 221 g/mol. The molecule has 0 unspecified atom stereocenters. The lowest BCUT2D eigenvalue weighted by Crippen LogP contribution is -2.11. The summed E-state index contributed by atoms with van der Waals surface area (Å²) in [6.07, 6.45) is 5.56. The van der Waals surface area contributed by atoms with Gasteiger partial charge in [-0.15, -0.1) is 12.3 Å². The SMILES string of the molecule is C#CCCOc1ccc(CNCC)cc1F. The van der Waals surface area contributed by atoms with Crippen LogP contribution in [0.3, 0.4) is 0 Å². The van der Waals surface area contributed by atoms with Crippen LogP contribution in [0.15, 0.2) is 18.2 Å². The Hall–Kier alpha value is -1.53. The summed E-state index contributed by atoms with van der Waals surface area (Å²) in [6, 6.07) is 4.96. The molecule has 0 fully saturated rings. The van der Waals surface area contributed by atoms with Crippen molar-refractivity contribution in [2.45, 2.75) is 19.9 Å². The summed E-state index contributed by atoms with van der Waals surface area (Å²) in [5, 5.41) is 3.13. The maximum absolute atomic E-state index is 13.5. The van der Waals surface area contributed by atoms with Crippen LogP contribution in [0, 0.1) is 18.2 Å². The van der Waals surface area contributed by atoms with E-state index in [4.69, 9.17) is 11.2 Å². The highest BCUT2D eigenvalue weighted by Crippen LogP contribution is 2.18. The van der Waals surface area contributed by atoms with Crippen LogP contribution in [-0.4, -0.2) is 13.2 Å². The summed E-state index contributed by atoms with van der Waals surface area (Å²) in [5.74, 6) is 2.36. The lowest BCUT2D eigenvalue weighted by molar-refractivity contribution is 0.310. The highest BCUT2D eigenvalue weighted by atomic mass is 19.1. The first-order valence-electron chi connectivity index (χ1n) is 5.33. The van der Waals surface area contributed by atoms with Gasteiger partial charge >= 0.3 is 0 Å². The summed E-state index contributed by atoms with van der Waals surface area (Å²) in [7, 11) is 0. The van der Waals surface area contributed by atoms with E-state index in [1.54, 1.807) is 6.07 Å². The Labute approximate surface area is 95.8 Å². The molecule has 2 nitrogen and oxygen atoms in total. The van der Waals surface area contributed by atoms with Gasteiger partial charge < -0.3 is 10.1 Å². The normalized spacial score (nSPS) is 9.81. The van der Waals surface area contributed by atoms with Crippen LogP contribution < -0.4 is 10.1 Å². The Morgan fingerprint density at radius 2 is 2.31 bits per heavy atom. The fourth-order valence-electron chi connectivity index (χ4n) is 1.26. The third kappa shape index (κ3) is 3.92. The minimum absolute atomic E-state index is 0.260. The molecule has 3 heteroatoms. The van der Waals surface area contributed by atoms with E-state index in [-0.39, 0.29) is 11.6 Å². The van der Waals surface area contributed by atoms with Crippen LogP contribution >= 0.6 is 0 Å². The molecule has 1 rings (SSSR count). The molecule has 0 saturated carbocycles. The zero-order chi connectivity index (χ0) is 11.8. The van der Waals surface area contributed by atoms with Gasteiger partial charge in [-0.25, -0.2) is 4.39 Å². The van der Waals surface area contributed by atoms with E-state index in [9.17, 15) is 4.39 Å². The Kier molecular flexibility index (Phi) is 5.38. The molecule has 86 valence electrons. The van der Waals surface area contributed by atoms with Crippen molar-refractivity contribution in [3.63, 3.8) is 0 Å². The van der Waals surface area contributed by atoms with Gasteiger partial charge in [-0.1, -0.05) is 13.0 Å². The second kappa shape index (κ2) is 6.86. The van der Waals surface area contributed by atoms with E-state index in [1.165, 1.54) is 6.07 Å². The second-order valence-corrected chi connectivity index (χ2v) is 3.35. The quantitative estimate of drug-likeness (QED) is 0.588. The summed E-state index contributed by atoms with van der Waals surface area (Å²) in [6.45, 7) is 3.88. The summed E-state index contributed by atoms with van der Waals surface area (Å²) in [4.78, 5) is 0. The Balaban J connectivity index is 2.57. The molecule has 0 aliphatic carbocycles. The molecule has 0 aliphatic heterocycles. The number of hydrogen-bond acceptors (Lipinski definition) is 2. The predicted molar refractivity (Wildman–Crippen MR) is 62.7 cm³/mol. The molecule has 0 radical (unpaired) electrons. The van der Waals surface area contributed by atoms with Gasteiger partial charge in [0.05, 0.1) is 6.61 Å². The highest BCUT2D eigenvalue weighted by molar-refractivity contribution is 5.29. The molecule has 1 N–H and O–H groups in total. The highest BCUT2D eigenvalue weighted by Gasteiger charge is 2.03. The van der Waals surface area contributed by atoms with Gasteiger partial charge in [-0.3, -0.25) is 0 Å². The van der Waals surface area contributed by atoms with Crippen molar-refractivity contribution in [3.8, 4) is 18.1 Å². The van der Waals surface area contributed by atoms with Crippen molar-refractivity contribution in [2.75, 3.05) is 13.2 Å². The minimum Gasteiger partial charge on any atom is -0.490 e. The fourth-order valence-corrected chi connectivity index (χ4v) is 1.26. The first kappa shape index (κ1) is 12.5. The number of ether oxygens (including phenoxy) is 1. The molecule has 0 atom stereocenters. The maximum Gasteiger partial charge on any atom is 0.165 e. The molecule has 1 aromatic rings. The van der Waals surface area contributed by atoms with Crippen LogP contribution in [0.4, 0.5) is 4.39 Å². The lowest BCUT2D eigenvalue weighted by Gasteiger charge is -2.07. The molecular weight excluding hydrogens is 205 g/mol. The van der Waals surface area contributed by atoms with Crippen LogP contribution in [0.5, 0.6) is 5.75 Å². The average Bonchev–Trinajstić information content (AvgIpc) is 2.29. The van der Waals surface area contributed by atoms with Crippen molar-refractivity contribution in [3.05, 3.63) is 29.6 Å². The zero-order valence-corrected chi connectivity index (χ0v) is 9.42. The number of benzene rings is 1. The van der Waals surface area contributed by atoms with Crippen molar-refractivity contribution in [1.82, 2.24) is 5.32 Å². The Morgan fingerprint density at radius 1 is 1.50 bits per heavy atom. The number of hydrogen-bond donors (Lipinski definition) is 1. The Morgan fingerprint density at radius 3 is 2.94 bits per heavy atom. The third-order valence-electron chi connectivity index (χ3n) is 2.08. The van der Waals surface area contributed by atoms with Crippen molar-refractivity contribution >= 4 is 0 Å². The van der Waals surface area contributed by atoms with Crippen LogP contribution in [0.1, 0.15) is 18.9 Å². The molecule has 0 heterocycles. The topological polar surface area (TPSA) is 21.3 Å². The summed E-state index contributed by atoms with van der Waals surface area (Å²) < 4.78 is 18.7. The maximum atomic E-state index is 13.5. The van der Waals surface area contributed by atoms with E-state index in [2.05, 4.69) is 11.2 Å². The number of halogens is 1. The fraction of sp³-hybridized carbons (Fsp3) is 0.385. The van der Waals surface area contributed by atoms with Crippen LogP contribution in [0.25, 0.3) is 0 Å². The number of terminal acetylenes is 1. The van der Waals surface area contributed by atoms with E-state index in [1.807, 2.05) is 13.0 Å². The molecule has 0 spiro atoms. The van der Waals surface area contributed by atoms with Gasteiger partial charge in [-0.2, -0.15) is 0 Å². The van der Waals surface area contributed by atoms with Crippen molar-refractivity contribution in [2.24, 2.45) is 0 Å². The number of rotatable bonds is 6. The van der Waals surface area contributed by atoms with E-state index in [0.29, 0.717) is 19.6 Å². The van der Waals surface area contributed by atoms with Crippen LogP contribution in [-0.2, 0) is 6.54 Å². The smallest absolute Gasteiger partial charge is 0.165 e. The van der Waals surface area contributed by atoms with Gasteiger partial charge in [-0.05, 0) is 24.2 Å². The molecular formula is C13H16FNO. The van der Waals surface area contributed by atoms with Gasteiger partial charge in [0.1, 0.15) is 0 Å². The largest absolute Gasteiger partial charge is 0.490 e. The molecule has 16 heavy (non-hydrogen) atoms. The lowest BCUT2D eigenvalue weighted by atomic mass is 10.2. The van der Waals surface area contributed by atoms with E-state index >= 15 is 0 Å². The van der Waals surface area contributed by atoms with Gasteiger partial charge in [0.15, 0.2) is 11.6 Å². The first-order valence-corrected chi connectivity index (χ1v) is 5.33. The van der Waals surface area contributed by atoms with Crippen molar-refractivity contribution in [1.29, 1.82) is 0 Å². The van der Waals surface area contributed by atoms with Crippen molar-refractivity contribution < 1.29 is 9.13 Å². The number of nitrogens with one attached hydrogen (secondary N) is 1. The molecule has 1 aromatic carbocycles. The van der Waals surface area contributed by atoms with Gasteiger partial charge in [0.25, 0.3) is 0 Å². The molecule has 0 aliphatic rings. The monoisotopic (exact) mass is 221 g/mol. The zero-order valence-electron chi connectivity index (χ0n) is 9.42. The molecule has 0 aromatic heterocycles. The minimum atomic E-state index is -0.340. The predicted octanol–water partition coefficient (Wildman–Crippen LogP) is 2.34. The molecule has 0 saturated heterocycles. The first-order chi connectivity index (χ1) is 7.77. The third-order valence-corrected chi connectivity index (χ3v) is 2.08. The summed E-state index contributed by atoms with van der Waals surface area (Å²) in [5.41, 5.74) is 0.906. The molecule has 0 amide bonds.